The molecule has 0 saturated carbocycles. The van der Waals surface area contributed by atoms with Gasteiger partial charge in [-0.2, -0.15) is 18.3 Å². The first kappa shape index (κ1) is 20.6. The average Bonchev–Trinajstić information content (AvgIpc) is 2.57. The van der Waals surface area contributed by atoms with E-state index in [1.54, 1.807) is 18.2 Å². The fourth-order valence-corrected chi connectivity index (χ4v) is 3.48. The van der Waals surface area contributed by atoms with Crippen LogP contribution in [0.25, 0.3) is 0 Å². The number of nitrogens with zero attached hydrogens (tertiary/aromatic N) is 1. The third-order valence-electron chi connectivity index (χ3n) is 3.16. The van der Waals surface area contributed by atoms with Crippen molar-refractivity contribution in [3.8, 4) is 0 Å². The van der Waals surface area contributed by atoms with E-state index in [2.05, 4.69) is 10.5 Å². The lowest BCUT2D eigenvalue weighted by Crippen LogP contribution is -2.19. The first-order chi connectivity index (χ1) is 12.3. The summed E-state index contributed by atoms with van der Waals surface area (Å²) in [6.07, 6.45) is -3.27. The zero-order chi connectivity index (χ0) is 19.2. The predicted molar refractivity (Wildman–Crippen MR) is 99.8 cm³/mol. The van der Waals surface area contributed by atoms with Gasteiger partial charge in [0, 0.05) is 15.8 Å². The highest BCUT2D eigenvalue weighted by Gasteiger charge is 2.30. The van der Waals surface area contributed by atoms with Crippen LogP contribution in [0.4, 0.5) is 13.2 Å². The number of rotatable bonds is 6. The van der Waals surface area contributed by atoms with Crippen LogP contribution in [0, 0.1) is 0 Å². The van der Waals surface area contributed by atoms with Gasteiger partial charge in [-0.15, -0.1) is 11.8 Å². The largest absolute Gasteiger partial charge is 0.416 e. The Hall–Kier alpha value is -1.70. The van der Waals surface area contributed by atoms with Crippen molar-refractivity contribution in [3.63, 3.8) is 0 Å². The second-order valence-electron chi connectivity index (χ2n) is 5.11. The normalized spacial score (nSPS) is 11.7. The van der Waals surface area contributed by atoms with Crippen LogP contribution < -0.4 is 5.43 Å². The van der Waals surface area contributed by atoms with Crippen LogP contribution in [0.5, 0.6) is 0 Å². The Bertz CT molecular complexity index is 793. The van der Waals surface area contributed by atoms with Gasteiger partial charge in [0.25, 0.3) is 0 Å². The average molecular weight is 421 g/mol. The molecular formula is C17H13Cl2F3N2OS. The molecule has 26 heavy (non-hydrogen) atoms. The van der Waals surface area contributed by atoms with Gasteiger partial charge in [-0.3, -0.25) is 4.79 Å². The van der Waals surface area contributed by atoms with Crippen LogP contribution in [0.2, 0.25) is 10.0 Å². The van der Waals surface area contributed by atoms with E-state index in [1.807, 2.05) is 0 Å². The van der Waals surface area contributed by atoms with Gasteiger partial charge in [0.1, 0.15) is 0 Å². The van der Waals surface area contributed by atoms with E-state index in [1.165, 1.54) is 23.9 Å². The minimum Gasteiger partial charge on any atom is -0.272 e. The van der Waals surface area contributed by atoms with Crippen molar-refractivity contribution in [3.05, 3.63) is 69.2 Å². The highest BCUT2D eigenvalue weighted by atomic mass is 35.5. The molecular weight excluding hydrogens is 408 g/mol. The Morgan fingerprint density at radius 3 is 2.46 bits per heavy atom. The van der Waals surface area contributed by atoms with Gasteiger partial charge in [0.15, 0.2) is 0 Å². The Morgan fingerprint density at radius 1 is 1.15 bits per heavy atom. The molecule has 0 aliphatic rings. The van der Waals surface area contributed by atoms with Crippen LogP contribution in [0.1, 0.15) is 16.7 Å². The number of benzene rings is 2. The van der Waals surface area contributed by atoms with Crippen LogP contribution in [-0.2, 0) is 16.7 Å². The maximum Gasteiger partial charge on any atom is 0.416 e. The number of alkyl halides is 3. The number of carbonyl (C=O) groups is 1. The fourth-order valence-electron chi connectivity index (χ4n) is 1.92. The Kier molecular flexibility index (Phi) is 7.37. The van der Waals surface area contributed by atoms with Gasteiger partial charge in [0.2, 0.25) is 5.91 Å². The third-order valence-corrected chi connectivity index (χ3v) is 4.83. The number of hydrazone groups is 1. The molecule has 1 N–H and O–H groups in total. The molecule has 3 nitrogen and oxygen atoms in total. The van der Waals surface area contributed by atoms with Gasteiger partial charge < -0.3 is 0 Å². The molecule has 0 heterocycles. The first-order valence-corrected chi connectivity index (χ1v) is 9.18. The first-order valence-electron chi connectivity index (χ1n) is 7.27. The molecule has 2 aromatic rings. The highest BCUT2D eigenvalue weighted by molar-refractivity contribution is 7.99. The van der Waals surface area contributed by atoms with E-state index < -0.39 is 11.7 Å². The summed E-state index contributed by atoms with van der Waals surface area (Å²) in [5, 5.41) is 4.71. The quantitative estimate of drug-likeness (QED) is 0.502. The van der Waals surface area contributed by atoms with E-state index in [0.717, 1.165) is 23.9 Å². The van der Waals surface area contributed by atoms with Crippen LogP contribution >= 0.6 is 35.0 Å². The summed E-state index contributed by atoms with van der Waals surface area (Å²) >= 11 is 13.4. The number of hydrogen-bond acceptors (Lipinski definition) is 3. The predicted octanol–water partition coefficient (Wildman–Crippen LogP) is 5.40. The molecule has 2 aromatic carbocycles. The van der Waals surface area contributed by atoms with Crippen molar-refractivity contribution in [2.24, 2.45) is 5.10 Å². The molecule has 0 saturated heterocycles. The Labute approximate surface area is 162 Å². The second-order valence-corrected chi connectivity index (χ2v) is 6.91. The topological polar surface area (TPSA) is 41.5 Å². The van der Waals surface area contributed by atoms with Gasteiger partial charge in [-0.25, -0.2) is 5.43 Å². The van der Waals surface area contributed by atoms with Crippen LogP contribution in [0.3, 0.4) is 0 Å². The lowest BCUT2D eigenvalue weighted by molar-refractivity contribution is -0.137. The number of thioether (sulfide) groups is 1. The maximum atomic E-state index is 12.6. The minimum absolute atomic E-state index is 0.0987. The molecule has 0 aliphatic carbocycles. The molecule has 0 bridgehead atoms. The van der Waals surface area contributed by atoms with Gasteiger partial charge in [-0.05, 0) is 35.4 Å². The smallest absolute Gasteiger partial charge is 0.272 e. The fraction of sp³-hybridized carbons (Fsp3) is 0.176. The lowest BCUT2D eigenvalue weighted by Gasteiger charge is -2.07. The summed E-state index contributed by atoms with van der Waals surface area (Å²) < 4.78 is 37.9. The molecule has 0 spiro atoms. The van der Waals surface area contributed by atoms with Crippen molar-refractivity contribution < 1.29 is 18.0 Å². The summed E-state index contributed by atoms with van der Waals surface area (Å²) in [6.45, 7) is 0. The van der Waals surface area contributed by atoms with Gasteiger partial charge in [-0.1, -0.05) is 41.4 Å². The van der Waals surface area contributed by atoms with Gasteiger partial charge >= 0.3 is 6.18 Å². The zero-order valence-electron chi connectivity index (χ0n) is 13.2. The summed E-state index contributed by atoms with van der Waals surface area (Å²) in [7, 11) is 0. The number of nitrogens with one attached hydrogen (secondary N) is 1. The molecule has 9 heteroatoms. The molecule has 0 fully saturated rings. The number of amides is 1. The summed E-state index contributed by atoms with van der Waals surface area (Å²) in [5.74, 6) is 0.159. The molecule has 2 rings (SSSR count). The number of halogens is 5. The number of carbonyl (C=O) groups excluding carboxylic acids is 1. The highest BCUT2D eigenvalue weighted by Crippen LogP contribution is 2.29. The van der Waals surface area contributed by atoms with Crippen molar-refractivity contribution in [1.82, 2.24) is 5.43 Å². The van der Waals surface area contributed by atoms with Crippen molar-refractivity contribution in [2.45, 2.75) is 11.9 Å². The molecule has 1 amide bonds. The van der Waals surface area contributed by atoms with E-state index in [9.17, 15) is 18.0 Å². The standard InChI is InChI=1S/C17H13Cl2F3N2OS/c18-14-5-2-6-15(19)13(14)9-26-10-16(25)24-23-8-11-3-1-4-12(7-11)17(20,21)22/h1-8H,9-10H2,(H,24,25)/b23-8-. The van der Waals surface area contributed by atoms with Crippen molar-refractivity contribution in [2.75, 3.05) is 5.75 Å². The maximum absolute atomic E-state index is 12.6. The minimum atomic E-state index is -4.43. The van der Waals surface area contributed by atoms with E-state index in [0.29, 0.717) is 15.8 Å². The summed E-state index contributed by atoms with van der Waals surface area (Å²) in [4.78, 5) is 11.7. The zero-order valence-corrected chi connectivity index (χ0v) is 15.5. The molecule has 0 radical (unpaired) electrons. The Balaban J connectivity index is 1.83. The molecule has 0 atom stereocenters. The molecule has 0 aliphatic heterocycles. The third kappa shape index (κ3) is 6.23. The number of hydrogen-bond donors (Lipinski definition) is 1. The molecule has 138 valence electrons. The van der Waals surface area contributed by atoms with Crippen LogP contribution in [-0.4, -0.2) is 17.9 Å². The second kappa shape index (κ2) is 9.30. The van der Waals surface area contributed by atoms with E-state index in [-0.39, 0.29) is 17.2 Å². The van der Waals surface area contributed by atoms with Gasteiger partial charge in [0.05, 0.1) is 17.5 Å². The monoisotopic (exact) mass is 420 g/mol. The molecule has 0 unspecified atom stereocenters. The summed E-state index contributed by atoms with van der Waals surface area (Å²) in [5.41, 5.74) is 2.46. The van der Waals surface area contributed by atoms with E-state index in [4.69, 9.17) is 23.2 Å². The SMILES string of the molecule is O=C(CSCc1c(Cl)cccc1Cl)N/N=C\c1cccc(C(F)(F)F)c1. The van der Waals surface area contributed by atoms with Crippen molar-refractivity contribution in [1.29, 1.82) is 0 Å². The lowest BCUT2D eigenvalue weighted by atomic mass is 10.1. The summed E-state index contributed by atoms with van der Waals surface area (Å²) in [6, 6.07) is 9.80. The van der Waals surface area contributed by atoms with Crippen molar-refractivity contribution >= 4 is 47.1 Å². The van der Waals surface area contributed by atoms with Crippen LogP contribution in [0.15, 0.2) is 47.6 Å². The van der Waals surface area contributed by atoms with E-state index >= 15 is 0 Å². The molecule has 0 aromatic heterocycles. The Morgan fingerprint density at radius 2 is 1.81 bits per heavy atom.